The van der Waals surface area contributed by atoms with Crippen molar-refractivity contribution in [2.75, 3.05) is 0 Å². The highest BCUT2D eigenvalue weighted by molar-refractivity contribution is 6.30. The van der Waals surface area contributed by atoms with Crippen molar-refractivity contribution in [1.29, 1.82) is 0 Å². The third-order valence-electron chi connectivity index (χ3n) is 2.22. The molecule has 82 valence electrons. The van der Waals surface area contributed by atoms with E-state index in [1.165, 1.54) is 0 Å². The van der Waals surface area contributed by atoms with Gasteiger partial charge < -0.3 is 5.11 Å². The number of hydrogen-bond donors (Lipinski definition) is 1. The van der Waals surface area contributed by atoms with Crippen LogP contribution < -0.4 is 0 Å². The van der Waals surface area contributed by atoms with Crippen LogP contribution in [0.4, 0.5) is 0 Å². The summed E-state index contributed by atoms with van der Waals surface area (Å²) in [6, 6.07) is 5.26. The van der Waals surface area contributed by atoms with Gasteiger partial charge in [-0.3, -0.25) is 4.98 Å². The topological polar surface area (TPSA) is 58.9 Å². The summed E-state index contributed by atoms with van der Waals surface area (Å²) in [5, 5.41) is 18.0. The number of nitrogens with zero attached hydrogens (tertiary/aromatic N) is 3. The van der Waals surface area contributed by atoms with Crippen molar-refractivity contribution in [2.45, 2.75) is 13.0 Å². The summed E-state index contributed by atoms with van der Waals surface area (Å²) < 4.78 is 0. The molecule has 2 rings (SSSR count). The average Bonchev–Trinajstić information content (AvgIpc) is 2.33. The third-order valence-corrected chi connectivity index (χ3v) is 2.60. The van der Waals surface area contributed by atoms with Gasteiger partial charge in [0.2, 0.25) is 0 Å². The maximum atomic E-state index is 10.0. The van der Waals surface area contributed by atoms with Gasteiger partial charge in [0.15, 0.2) is 5.15 Å². The first-order valence-electron chi connectivity index (χ1n) is 4.76. The second kappa shape index (κ2) is 4.55. The van der Waals surface area contributed by atoms with E-state index in [0.717, 1.165) is 5.56 Å². The van der Waals surface area contributed by atoms with Gasteiger partial charge in [-0.2, -0.15) is 5.10 Å². The summed E-state index contributed by atoms with van der Waals surface area (Å²) in [7, 11) is 0. The number of hydrogen-bond acceptors (Lipinski definition) is 4. The Morgan fingerprint density at radius 1 is 1.38 bits per heavy atom. The van der Waals surface area contributed by atoms with E-state index in [9.17, 15) is 5.11 Å². The van der Waals surface area contributed by atoms with Crippen LogP contribution in [-0.2, 0) is 0 Å². The van der Waals surface area contributed by atoms with Crippen molar-refractivity contribution in [3.8, 4) is 0 Å². The number of pyridine rings is 1. The first kappa shape index (κ1) is 11.0. The van der Waals surface area contributed by atoms with Gasteiger partial charge in [-0.25, -0.2) is 0 Å². The molecule has 0 saturated carbocycles. The minimum Gasteiger partial charge on any atom is -0.382 e. The standard InChI is InChI=1S/C11H10ClN3O/c1-7-5-9(14-15-11(7)12)10(16)8-3-2-4-13-6-8/h2-6,10,16H,1H3. The molecule has 0 amide bonds. The van der Waals surface area contributed by atoms with Crippen LogP contribution in [0.2, 0.25) is 5.15 Å². The smallest absolute Gasteiger partial charge is 0.154 e. The summed E-state index contributed by atoms with van der Waals surface area (Å²) in [4.78, 5) is 3.94. The van der Waals surface area contributed by atoms with Gasteiger partial charge >= 0.3 is 0 Å². The predicted octanol–water partition coefficient (Wildman–Crippen LogP) is 1.92. The number of rotatable bonds is 2. The second-order valence-electron chi connectivity index (χ2n) is 3.43. The molecule has 0 aromatic carbocycles. The summed E-state index contributed by atoms with van der Waals surface area (Å²) >= 11 is 5.76. The molecule has 0 radical (unpaired) electrons. The lowest BCUT2D eigenvalue weighted by atomic mass is 10.1. The lowest BCUT2D eigenvalue weighted by Crippen LogP contribution is -2.04. The van der Waals surface area contributed by atoms with Gasteiger partial charge in [0.25, 0.3) is 0 Å². The molecule has 0 bridgehead atoms. The van der Waals surface area contributed by atoms with Gasteiger partial charge in [0.05, 0.1) is 5.69 Å². The molecule has 0 fully saturated rings. The van der Waals surface area contributed by atoms with Crippen LogP contribution in [0.25, 0.3) is 0 Å². The Morgan fingerprint density at radius 3 is 2.81 bits per heavy atom. The van der Waals surface area contributed by atoms with Crippen LogP contribution in [0.15, 0.2) is 30.6 Å². The lowest BCUT2D eigenvalue weighted by molar-refractivity contribution is 0.213. The molecule has 5 heteroatoms. The van der Waals surface area contributed by atoms with Crippen molar-refractivity contribution in [1.82, 2.24) is 15.2 Å². The molecule has 0 aliphatic carbocycles. The van der Waals surface area contributed by atoms with Gasteiger partial charge in [0, 0.05) is 18.0 Å². The van der Waals surface area contributed by atoms with Crippen LogP contribution >= 0.6 is 11.6 Å². The highest BCUT2D eigenvalue weighted by Gasteiger charge is 2.13. The molecular weight excluding hydrogens is 226 g/mol. The van der Waals surface area contributed by atoms with Crippen LogP contribution in [0.1, 0.15) is 22.9 Å². The first-order chi connectivity index (χ1) is 7.68. The molecule has 2 aromatic rings. The van der Waals surface area contributed by atoms with E-state index >= 15 is 0 Å². The maximum absolute atomic E-state index is 10.0. The SMILES string of the molecule is Cc1cc(C(O)c2cccnc2)nnc1Cl. The van der Waals surface area contributed by atoms with Crippen molar-refractivity contribution >= 4 is 11.6 Å². The molecular formula is C11H10ClN3O. The quantitative estimate of drug-likeness (QED) is 0.864. The first-order valence-corrected chi connectivity index (χ1v) is 5.14. The average molecular weight is 236 g/mol. The van der Waals surface area contributed by atoms with E-state index in [4.69, 9.17) is 11.6 Å². The number of aliphatic hydroxyl groups excluding tert-OH is 1. The Labute approximate surface area is 97.9 Å². The highest BCUT2D eigenvalue weighted by Crippen LogP contribution is 2.21. The highest BCUT2D eigenvalue weighted by atomic mass is 35.5. The van der Waals surface area contributed by atoms with Crippen LogP contribution in [0, 0.1) is 6.92 Å². The number of halogens is 1. The molecule has 0 aliphatic heterocycles. The van der Waals surface area contributed by atoms with E-state index in [0.29, 0.717) is 16.4 Å². The largest absolute Gasteiger partial charge is 0.382 e. The van der Waals surface area contributed by atoms with E-state index in [2.05, 4.69) is 15.2 Å². The van der Waals surface area contributed by atoms with Crippen molar-refractivity contribution in [2.24, 2.45) is 0 Å². The van der Waals surface area contributed by atoms with E-state index in [1.807, 2.05) is 6.92 Å². The molecule has 2 aromatic heterocycles. The van der Waals surface area contributed by atoms with Gasteiger partial charge in [-0.1, -0.05) is 17.7 Å². The molecule has 1 atom stereocenters. The molecule has 1 N–H and O–H groups in total. The van der Waals surface area contributed by atoms with Gasteiger partial charge in [0.1, 0.15) is 6.10 Å². The maximum Gasteiger partial charge on any atom is 0.154 e. The fourth-order valence-electron chi connectivity index (χ4n) is 1.33. The van der Waals surface area contributed by atoms with Crippen molar-refractivity contribution < 1.29 is 5.11 Å². The zero-order valence-corrected chi connectivity index (χ0v) is 9.39. The Balaban J connectivity index is 2.34. The molecule has 2 heterocycles. The molecule has 0 spiro atoms. The Morgan fingerprint density at radius 2 is 2.19 bits per heavy atom. The van der Waals surface area contributed by atoms with Crippen LogP contribution in [0.5, 0.6) is 0 Å². The van der Waals surface area contributed by atoms with Crippen LogP contribution in [0.3, 0.4) is 0 Å². The fourth-order valence-corrected chi connectivity index (χ4v) is 1.43. The summed E-state index contributed by atoms with van der Waals surface area (Å²) in [5.74, 6) is 0. The number of aliphatic hydroxyl groups is 1. The summed E-state index contributed by atoms with van der Waals surface area (Å²) in [5.41, 5.74) is 1.93. The normalized spacial score (nSPS) is 12.4. The minimum absolute atomic E-state index is 0.349. The van der Waals surface area contributed by atoms with E-state index in [1.54, 1.807) is 30.6 Å². The van der Waals surface area contributed by atoms with Crippen molar-refractivity contribution in [3.63, 3.8) is 0 Å². The lowest BCUT2D eigenvalue weighted by Gasteiger charge is -2.09. The van der Waals surface area contributed by atoms with Crippen molar-refractivity contribution in [3.05, 3.63) is 52.6 Å². The number of aromatic nitrogens is 3. The van der Waals surface area contributed by atoms with E-state index < -0.39 is 6.10 Å². The number of aryl methyl sites for hydroxylation is 1. The molecule has 0 saturated heterocycles. The van der Waals surface area contributed by atoms with Gasteiger partial charge in [-0.15, -0.1) is 5.10 Å². The summed E-state index contributed by atoms with van der Waals surface area (Å²) in [6.07, 6.45) is 2.42. The van der Waals surface area contributed by atoms with Gasteiger partial charge in [-0.05, 0) is 24.6 Å². The molecule has 1 unspecified atom stereocenters. The second-order valence-corrected chi connectivity index (χ2v) is 3.79. The molecule has 4 nitrogen and oxygen atoms in total. The fraction of sp³-hybridized carbons (Fsp3) is 0.182. The zero-order chi connectivity index (χ0) is 11.5. The molecule has 0 aliphatic rings. The zero-order valence-electron chi connectivity index (χ0n) is 8.63. The third kappa shape index (κ3) is 2.18. The molecule has 16 heavy (non-hydrogen) atoms. The monoisotopic (exact) mass is 235 g/mol. The van der Waals surface area contributed by atoms with Crippen LogP contribution in [-0.4, -0.2) is 20.3 Å². The summed E-state index contributed by atoms with van der Waals surface area (Å²) in [6.45, 7) is 1.82. The predicted molar refractivity (Wildman–Crippen MR) is 60.1 cm³/mol. The minimum atomic E-state index is -0.822. The Bertz CT molecular complexity index is 490. The Hall–Kier alpha value is -1.52. The Kier molecular flexibility index (Phi) is 3.12. The van der Waals surface area contributed by atoms with E-state index in [-0.39, 0.29) is 0 Å².